The van der Waals surface area contributed by atoms with Crippen molar-refractivity contribution < 1.29 is 4.79 Å². The van der Waals surface area contributed by atoms with Crippen molar-refractivity contribution in [3.63, 3.8) is 0 Å². The average molecular weight is 505 g/mol. The van der Waals surface area contributed by atoms with Crippen LogP contribution in [0.15, 0.2) is 10.4 Å². The first-order chi connectivity index (χ1) is 12.3. The van der Waals surface area contributed by atoms with Crippen LogP contribution >= 0.6 is 35.3 Å². The number of carbonyl (C=O) groups excluding carboxylic acids is 1. The monoisotopic (exact) mass is 505 g/mol. The van der Waals surface area contributed by atoms with Crippen molar-refractivity contribution in [1.29, 1.82) is 0 Å². The van der Waals surface area contributed by atoms with Crippen LogP contribution in [0, 0.1) is 5.41 Å². The van der Waals surface area contributed by atoms with Gasteiger partial charge in [0.1, 0.15) is 5.01 Å². The molecular formula is C19H32IN5OS. The number of nitrogens with zero attached hydrogens (tertiary/aromatic N) is 3. The predicted octanol–water partition coefficient (Wildman–Crippen LogP) is 3.13. The average Bonchev–Trinajstić information content (AvgIpc) is 3.19. The molecule has 0 radical (unpaired) electrons. The van der Waals surface area contributed by atoms with Gasteiger partial charge in [-0.05, 0) is 19.8 Å². The van der Waals surface area contributed by atoms with E-state index in [2.05, 4.69) is 48.6 Å². The van der Waals surface area contributed by atoms with E-state index in [1.54, 1.807) is 11.3 Å². The van der Waals surface area contributed by atoms with E-state index < -0.39 is 0 Å². The molecule has 2 aliphatic rings. The molecule has 8 heteroatoms. The van der Waals surface area contributed by atoms with E-state index >= 15 is 0 Å². The summed E-state index contributed by atoms with van der Waals surface area (Å²) in [6.07, 6.45) is 2.86. The molecule has 6 nitrogen and oxygen atoms in total. The Balaban J connectivity index is 0.00000261. The molecule has 27 heavy (non-hydrogen) atoms. The molecule has 1 aromatic heterocycles. The van der Waals surface area contributed by atoms with Crippen LogP contribution in [0.25, 0.3) is 0 Å². The van der Waals surface area contributed by atoms with Crippen molar-refractivity contribution in [2.45, 2.75) is 58.9 Å². The van der Waals surface area contributed by atoms with Gasteiger partial charge in [0.15, 0.2) is 5.96 Å². The molecule has 1 unspecified atom stereocenters. The Morgan fingerprint density at radius 2 is 2.26 bits per heavy atom. The minimum absolute atomic E-state index is 0. The standard InChI is InChI=1S/C19H31N5OS.HI/c1-5-20-17(21-10-16-23-14(11-26-16)18(2,3)4)24-8-6-7-19(13-24)9-15(25)22-12-19;/h11H,5-10,12-13H2,1-4H3,(H,20,21)(H,22,25);1H. The van der Waals surface area contributed by atoms with Gasteiger partial charge in [0, 0.05) is 48.8 Å². The molecule has 3 heterocycles. The van der Waals surface area contributed by atoms with Gasteiger partial charge in [0.2, 0.25) is 5.91 Å². The second kappa shape index (κ2) is 9.07. The van der Waals surface area contributed by atoms with E-state index in [0.717, 1.165) is 55.7 Å². The summed E-state index contributed by atoms with van der Waals surface area (Å²) in [6.45, 7) is 12.8. The molecule has 1 aromatic rings. The maximum Gasteiger partial charge on any atom is 0.220 e. The van der Waals surface area contributed by atoms with E-state index in [4.69, 9.17) is 9.98 Å². The number of thiazole rings is 1. The molecule has 0 bridgehead atoms. The molecule has 152 valence electrons. The van der Waals surface area contributed by atoms with Crippen LogP contribution in [0.4, 0.5) is 0 Å². The number of amides is 1. The van der Waals surface area contributed by atoms with Crippen molar-refractivity contribution in [2.75, 3.05) is 26.2 Å². The maximum atomic E-state index is 11.7. The molecule has 0 saturated carbocycles. The summed E-state index contributed by atoms with van der Waals surface area (Å²) in [6, 6.07) is 0. The van der Waals surface area contributed by atoms with Gasteiger partial charge in [0.05, 0.1) is 12.2 Å². The fourth-order valence-electron chi connectivity index (χ4n) is 3.73. The lowest BCUT2D eigenvalue weighted by atomic mass is 9.79. The van der Waals surface area contributed by atoms with Crippen molar-refractivity contribution in [2.24, 2.45) is 10.4 Å². The predicted molar refractivity (Wildman–Crippen MR) is 122 cm³/mol. The highest BCUT2D eigenvalue weighted by Crippen LogP contribution is 2.36. The van der Waals surface area contributed by atoms with Gasteiger partial charge in [-0.1, -0.05) is 20.8 Å². The summed E-state index contributed by atoms with van der Waals surface area (Å²) in [5.74, 6) is 1.13. The second-order valence-electron chi connectivity index (χ2n) is 8.53. The molecule has 3 rings (SSSR count). The fraction of sp³-hybridized carbons (Fsp3) is 0.737. The van der Waals surface area contributed by atoms with Crippen LogP contribution < -0.4 is 10.6 Å². The Hall–Kier alpha value is -0.900. The van der Waals surface area contributed by atoms with E-state index in [9.17, 15) is 4.79 Å². The van der Waals surface area contributed by atoms with Gasteiger partial charge >= 0.3 is 0 Å². The summed E-state index contributed by atoms with van der Waals surface area (Å²) in [5, 5.41) is 9.63. The van der Waals surface area contributed by atoms with Gasteiger partial charge in [-0.3, -0.25) is 4.79 Å². The number of likely N-dealkylation sites (tertiary alicyclic amines) is 1. The van der Waals surface area contributed by atoms with Crippen molar-refractivity contribution in [3.8, 4) is 0 Å². The number of aliphatic imine (C=N–C) groups is 1. The van der Waals surface area contributed by atoms with Crippen LogP contribution in [0.1, 0.15) is 57.7 Å². The highest BCUT2D eigenvalue weighted by Gasteiger charge is 2.42. The van der Waals surface area contributed by atoms with Crippen molar-refractivity contribution >= 4 is 47.2 Å². The van der Waals surface area contributed by atoms with Crippen LogP contribution in [0.5, 0.6) is 0 Å². The molecular weight excluding hydrogens is 473 g/mol. The second-order valence-corrected chi connectivity index (χ2v) is 9.47. The van der Waals surface area contributed by atoms with Gasteiger partial charge in [-0.2, -0.15) is 0 Å². The number of piperidine rings is 1. The SMILES string of the molecule is CCNC(=NCc1nc(C(C)(C)C)cs1)N1CCCC2(CNC(=O)C2)C1.I. The normalized spacial score (nSPS) is 23.3. The molecule has 0 aliphatic carbocycles. The first-order valence-corrected chi connectivity index (χ1v) is 10.4. The molecule has 0 aromatic carbocycles. The number of carbonyl (C=O) groups is 1. The van der Waals surface area contributed by atoms with E-state index in [1.165, 1.54) is 0 Å². The van der Waals surface area contributed by atoms with Crippen LogP contribution in [0.2, 0.25) is 0 Å². The zero-order valence-corrected chi connectivity index (χ0v) is 19.9. The van der Waals surface area contributed by atoms with Crippen molar-refractivity contribution in [3.05, 3.63) is 16.1 Å². The first-order valence-electron chi connectivity index (χ1n) is 9.56. The smallest absolute Gasteiger partial charge is 0.220 e. The summed E-state index contributed by atoms with van der Waals surface area (Å²) >= 11 is 1.68. The lowest BCUT2D eigenvalue weighted by Crippen LogP contribution is -2.51. The third-order valence-electron chi connectivity index (χ3n) is 5.18. The summed E-state index contributed by atoms with van der Waals surface area (Å²) in [7, 11) is 0. The Labute approximate surface area is 183 Å². The molecule has 1 spiro atoms. The largest absolute Gasteiger partial charge is 0.357 e. The third-order valence-corrected chi connectivity index (χ3v) is 6.01. The maximum absolute atomic E-state index is 11.7. The molecule has 2 N–H and O–H groups in total. The zero-order valence-electron chi connectivity index (χ0n) is 16.8. The van der Waals surface area contributed by atoms with Crippen LogP contribution in [-0.2, 0) is 16.8 Å². The van der Waals surface area contributed by atoms with E-state index in [-0.39, 0.29) is 40.7 Å². The first kappa shape index (κ1) is 22.4. The number of guanidine groups is 1. The van der Waals surface area contributed by atoms with Crippen LogP contribution in [0.3, 0.4) is 0 Å². The summed E-state index contributed by atoms with van der Waals surface area (Å²) < 4.78 is 0. The Morgan fingerprint density at radius 1 is 1.48 bits per heavy atom. The Kier molecular flexibility index (Phi) is 7.52. The zero-order chi connectivity index (χ0) is 18.8. The minimum Gasteiger partial charge on any atom is -0.357 e. The summed E-state index contributed by atoms with van der Waals surface area (Å²) in [4.78, 5) is 23.7. The number of hydrogen-bond acceptors (Lipinski definition) is 4. The minimum atomic E-state index is 0. The van der Waals surface area contributed by atoms with E-state index in [1.807, 2.05) is 0 Å². The fourth-order valence-corrected chi connectivity index (χ4v) is 4.67. The number of hydrogen-bond donors (Lipinski definition) is 2. The van der Waals surface area contributed by atoms with Crippen molar-refractivity contribution in [1.82, 2.24) is 20.5 Å². The highest BCUT2D eigenvalue weighted by molar-refractivity contribution is 14.0. The quantitative estimate of drug-likeness (QED) is 0.377. The summed E-state index contributed by atoms with van der Waals surface area (Å²) in [5.41, 5.74) is 1.28. The molecule has 2 fully saturated rings. The topological polar surface area (TPSA) is 69.6 Å². The van der Waals surface area contributed by atoms with Gasteiger partial charge in [0.25, 0.3) is 0 Å². The third kappa shape index (κ3) is 5.56. The molecule has 1 atom stereocenters. The highest BCUT2D eigenvalue weighted by atomic mass is 127. The molecule has 2 saturated heterocycles. The number of rotatable bonds is 3. The molecule has 1 amide bonds. The Bertz CT molecular complexity index is 684. The van der Waals surface area contributed by atoms with Gasteiger partial charge < -0.3 is 15.5 Å². The Morgan fingerprint density at radius 3 is 2.85 bits per heavy atom. The molecule has 2 aliphatic heterocycles. The number of nitrogens with one attached hydrogen (secondary N) is 2. The van der Waals surface area contributed by atoms with Crippen LogP contribution in [-0.4, -0.2) is 47.9 Å². The van der Waals surface area contributed by atoms with E-state index in [0.29, 0.717) is 13.0 Å². The van der Waals surface area contributed by atoms with Gasteiger partial charge in [-0.25, -0.2) is 9.98 Å². The number of aromatic nitrogens is 1. The van der Waals surface area contributed by atoms with Gasteiger partial charge in [-0.15, -0.1) is 35.3 Å². The number of halogens is 1. The lowest BCUT2D eigenvalue weighted by molar-refractivity contribution is -0.119. The lowest BCUT2D eigenvalue weighted by Gasteiger charge is -2.40.